The molecule has 0 spiro atoms. The Balaban J connectivity index is 1.52. The van der Waals surface area contributed by atoms with Crippen molar-refractivity contribution in [3.05, 3.63) is 97.4 Å². The maximum absolute atomic E-state index is 14.0. The molecular formula is C24H14BrCl4F2NO2. The first-order valence-electron chi connectivity index (χ1n) is 9.88. The predicted octanol–water partition coefficient (Wildman–Crippen LogP) is 7.99. The van der Waals surface area contributed by atoms with Gasteiger partial charge < -0.3 is 5.32 Å². The lowest BCUT2D eigenvalue weighted by Gasteiger charge is -2.10. The van der Waals surface area contributed by atoms with E-state index in [0.717, 1.165) is 10.5 Å². The molecule has 3 aromatic carbocycles. The van der Waals surface area contributed by atoms with Crippen LogP contribution in [0.25, 0.3) is 0 Å². The summed E-state index contributed by atoms with van der Waals surface area (Å²) in [7, 11) is 0. The van der Waals surface area contributed by atoms with Gasteiger partial charge in [-0.05, 0) is 53.6 Å². The molecule has 1 amide bonds. The summed E-state index contributed by atoms with van der Waals surface area (Å²) in [6.45, 7) is 0. The van der Waals surface area contributed by atoms with Gasteiger partial charge in [0.15, 0.2) is 5.78 Å². The molecule has 0 aromatic heterocycles. The van der Waals surface area contributed by atoms with Crippen LogP contribution in [-0.4, -0.2) is 16.0 Å². The predicted molar refractivity (Wildman–Crippen MR) is 134 cm³/mol. The van der Waals surface area contributed by atoms with Gasteiger partial charge in [0.2, 0.25) is 5.91 Å². The number of hydrogen-bond acceptors (Lipinski definition) is 2. The zero-order valence-corrected chi connectivity index (χ0v) is 21.6. The van der Waals surface area contributed by atoms with Crippen molar-refractivity contribution in [1.29, 1.82) is 0 Å². The molecule has 34 heavy (non-hydrogen) atoms. The second-order valence-electron chi connectivity index (χ2n) is 7.85. The Hall–Kier alpha value is -1.70. The fraction of sp³-hybridized carbons (Fsp3) is 0.167. The minimum Gasteiger partial charge on any atom is -0.326 e. The SMILES string of the molecule is O=C(Cc1ccc(F)cc1F)c1cc(NC(=O)C2C(c3cc(Cl)cc(Br)c3)C2(Cl)Cl)ccc1Cl. The van der Waals surface area contributed by atoms with Gasteiger partial charge in [-0.1, -0.05) is 45.2 Å². The van der Waals surface area contributed by atoms with Gasteiger partial charge in [0, 0.05) is 39.2 Å². The Morgan fingerprint density at radius 2 is 1.74 bits per heavy atom. The molecule has 176 valence electrons. The zero-order chi connectivity index (χ0) is 24.8. The second kappa shape index (κ2) is 9.75. The summed E-state index contributed by atoms with van der Waals surface area (Å²) in [5.41, 5.74) is 1.11. The molecule has 2 unspecified atom stereocenters. The van der Waals surface area contributed by atoms with E-state index in [4.69, 9.17) is 46.4 Å². The molecule has 1 N–H and O–H groups in total. The summed E-state index contributed by atoms with van der Waals surface area (Å²) < 4.78 is 26.5. The average molecular weight is 608 g/mol. The minimum atomic E-state index is -1.33. The summed E-state index contributed by atoms with van der Waals surface area (Å²) in [4.78, 5) is 25.7. The Morgan fingerprint density at radius 1 is 1.00 bits per heavy atom. The van der Waals surface area contributed by atoms with Crippen LogP contribution >= 0.6 is 62.3 Å². The number of hydrogen-bond donors (Lipinski definition) is 1. The zero-order valence-electron chi connectivity index (χ0n) is 17.0. The van der Waals surface area contributed by atoms with Gasteiger partial charge in [-0.3, -0.25) is 9.59 Å². The van der Waals surface area contributed by atoms with Gasteiger partial charge in [0.05, 0.1) is 10.9 Å². The van der Waals surface area contributed by atoms with Gasteiger partial charge in [-0.15, -0.1) is 23.2 Å². The van der Waals surface area contributed by atoms with Crippen LogP contribution in [0.2, 0.25) is 10.0 Å². The third-order valence-corrected chi connectivity index (χ3v) is 7.43. The van der Waals surface area contributed by atoms with Crippen molar-refractivity contribution in [3.8, 4) is 0 Å². The Labute approximate surface area is 222 Å². The van der Waals surface area contributed by atoms with Crippen LogP contribution in [0.15, 0.2) is 59.1 Å². The number of carbonyl (C=O) groups excluding carboxylic acids is 2. The molecule has 2 atom stereocenters. The summed E-state index contributed by atoms with van der Waals surface area (Å²) >= 11 is 28.4. The first kappa shape index (κ1) is 25.4. The van der Waals surface area contributed by atoms with Crippen molar-refractivity contribution in [3.63, 3.8) is 0 Å². The van der Waals surface area contributed by atoms with Gasteiger partial charge >= 0.3 is 0 Å². The number of nitrogens with one attached hydrogen (secondary N) is 1. The summed E-state index contributed by atoms with van der Waals surface area (Å²) in [6.07, 6.45) is -0.329. The number of anilines is 1. The van der Waals surface area contributed by atoms with Crippen LogP contribution in [0, 0.1) is 17.6 Å². The number of halogens is 7. The fourth-order valence-electron chi connectivity index (χ4n) is 3.79. The van der Waals surface area contributed by atoms with E-state index in [1.807, 2.05) is 0 Å². The van der Waals surface area contributed by atoms with Crippen molar-refractivity contribution in [2.24, 2.45) is 5.92 Å². The molecule has 0 saturated heterocycles. The van der Waals surface area contributed by atoms with Crippen molar-refractivity contribution >= 4 is 79.7 Å². The van der Waals surface area contributed by atoms with Crippen LogP contribution < -0.4 is 5.32 Å². The lowest BCUT2D eigenvalue weighted by atomic mass is 10.0. The molecule has 3 nitrogen and oxygen atoms in total. The fourth-order valence-corrected chi connectivity index (χ4v) is 5.73. The molecule has 10 heteroatoms. The standard InChI is InChI=1S/C24H14BrCl4F2NO2/c25-13-5-12(6-14(26)8-13)21-22(24(21,28)29)23(34)32-16-3-4-18(27)17(10-16)20(33)7-11-1-2-15(30)9-19(11)31/h1-6,8-10,21-22H,7H2,(H,32,34). The highest BCUT2D eigenvalue weighted by atomic mass is 79.9. The van der Waals surface area contributed by atoms with Gasteiger partial charge in [0.1, 0.15) is 16.0 Å². The van der Waals surface area contributed by atoms with E-state index < -0.39 is 39.5 Å². The third kappa shape index (κ3) is 5.26. The second-order valence-corrected chi connectivity index (χ2v) is 11.1. The highest BCUT2D eigenvalue weighted by Gasteiger charge is 2.67. The minimum absolute atomic E-state index is 0.0273. The molecule has 1 aliphatic rings. The number of alkyl halides is 2. The third-order valence-electron chi connectivity index (χ3n) is 5.48. The Bertz CT molecular complexity index is 1300. The molecular weight excluding hydrogens is 594 g/mol. The van der Waals surface area contributed by atoms with Gasteiger partial charge in [0.25, 0.3) is 0 Å². The highest BCUT2D eigenvalue weighted by Crippen LogP contribution is 2.65. The van der Waals surface area contributed by atoms with E-state index in [9.17, 15) is 18.4 Å². The Morgan fingerprint density at radius 3 is 2.41 bits per heavy atom. The topological polar surface area (TPSA) is 46.2 Å². The van der Waals surface area contributed by atoms with E-state index in [1.165, 1.54) is 24.3 Å². The number of rotatable bonds is 6. The number of amides is 1. The number of ketones is 1. The highest BCUT2D eigenvalue weighted by molar-refractivity contribution is 9.10. The first-order chi connectivity index (χ1) is 16.0. The largest absolute Gasteiger partial charge is 0.326 e. The van der Waals surface area contributed by atoms with E-state index in [-0.39, 0.29) is 22.6 Å². The van der Waals surface area contributed by atoms with Crippen molar-refractivity contribution in [1.82, 2.24) is 0 Å². The van der Waals surface area contributed by atoms with Crippen LogP contribution in [0.1, 0.15) is 27.4 Å². The normalized spacial score (nSPS) is 18.4. The summed E-state index contributed by atoms with van der Waals surface area (Å²) in [5, 5.41) is 3.30. The maximum atomic E-state index is 14.0. The molecule has 1 aliphatic carbocycles. The van der Waals surface area contributed by atoms with E-state index in [2.05, 4.69) is 21.2 Å². The summed E-state index contributed by atoms with van der Waals surface area (Å²) in [5.74, 6) is -3.76. The molecule has 1 fully saturated rings. The van der Waals surface area contributed by atoms with Crippen LogP contribution in [0.5, 0.6) is 0 Å². The van der Waals surface area contributed by atoms with E-state index >= 15 is 0 Å². The first-order valence-corrected chi connectivity index (χ1v) is 12.2. The van der Waals surface area contributed by atoms with Crippen molar-refractivity contribution < 1.29 is 18.4 Å². The number of carbonyl (C=O) groups is 2. The van der Waals surface area contributed by atoms with Crippen molar-refractivity contribution in [2.45, 2.75) is 16.7 Å². The maximum Gasteiger partial charge on any atom is 0.231 e. The van der Waals surface area contributed by atoms with Gasteiger partial charge in [-0.25, -0.2) is 8.78 Å². The molecule has 0 bridgehead atoms. The molecule has 4 rings (SSSR count). The average Bonchev–Trinajstić information content (AvgIpc) is 3.33. The van der Waals surface area contributed by atoms with E-state index in [0.29, 0.717) is 22.3 Å². The van der Waals surface area contributed by atoms with Crippen molar-refractivity contribution in [2.75, 3.05) is 5.32 Å². The number of benzene rings is 3. The van der Waals surface area contributed by atoms with Crippen LogP contribution in [-0.2, 0) is 11.2 Å². The molecule has 0 radical (unpaired) electrons. The molecule has 0 aliphatic heterocycles. The van der Waals surface area contributed by atoms with Gasteiger partial charge in [-0.2, -0.15) is 0 Å². The lowest BCUT2D eigenvalue weighted by Crippen LogP contribution is -2.17. The lowest BCUT2D eigenvalue weighted by molar-refractivity contribution is -0.117. The van der Waals surface area contributed by atoms with Crippen LogP contribution in [0.3, 0.4) is 0 Å². The molecule has 3 aromatic rings. The molecule has 0 heterocycles. The van der Waals surface area contributed by atoms with Crippen LogP contribution in [0.4, 0.5) is 14.5 Å². The molecule has 1 saturated carbocycles. The quantitative estimate of drug-likeness (QED) is 0.228. The summed E-state index contributed by atoms with van der Waals surface area (Å²) in [6, 6.07) is 12.5. The Kier molecular flexibility index (Phi) is 7.28. The smallest absolute Gasteiger partial charge is 0.231 e. The number of Topliss-reactive ketones (excluding diaryl/α,β-unsaturated/α-hetero) is 1. The monoisotopic (exact) mass is 605 g/mol. The van der Waals surface area contributed by atoms with E-state index in [1.54, 1.807) is 18.2 Å².